The summed E-state index contributed by atoms with van der Waals surface area (Å²) in [7, 11) is 1.59. The Hall–Kier alpha value is -5.00. The highest BCUT2D eigenvalue weighted by molar-refractivity contribution is 5.97. The van der Waals surface area contributed by atoms with Crippen LogP contribution in [0.3, 0.4) is 0 Å². The van der Waals surface area contributed by atoms with Gasteiger partial charge in [0.1, 0.15) is 29.7 Å². The molecular formula is C33H36N6O6. The third-order valence-electron chi connectivity index (χ3n) is 8.79. The summed E-state index contributed by atoms with van der Waals surface area (Å²) in [6.07, 6.45) is 6.62. The molecule has 0 radical (unpaired) electrons. The number of hydrogen-bond acceptors (Lipinski definition) is 8. The second-order valence-corrected chi connectivity index (χ2v) is 11.9. The molecule has 2 aromatic carbocycles. The van der Waals surface area contributed by atoms with Crippen molar-refractivity contribution in [3.63, 3.8) is 0 Å². The summed E-state index contributed by atoms with van der Waals surface area (Å²) < 4.78 is 12.0. The van der Waals surface area contributed by atoms with E-state index in [2.05, 4.69) is 5.32 Å². The van der Waals surface area contributed by atoms with Crippen LogP contribution in [0.4, 0.5) is 9.59 Å². The lowest BCUT2D eigenvalue weighted by Gasteiger charge is -2.29. The van der Waals surface area contributed by atoms with Crippen molar-refractivity contribution < 1.29 is 28.7 Å². The number of fused-ring (bicyclic) bond motifs is 3. The second kappa shape index (κ2) is 12.2. The maximum atomic E-state index is 13.8. The average molecular weight is 613 g/mol. The maximum Gasteiger partial charge on any atom is 0.328 e. The van der Waals surface area contributed by atoms with Gasteiger partial charge in [0.2, 0.25) is 11.8 Å². The molecule has 3 heterocycles. The van der Waals surface area contributed by atoms with Gasteiger partial charge in [-0.25, -0.2) is 19.5 Å². The molecule has 45 heavy (non-hydrogen) atoms. The highest BCUT2D eigenvalue weighted by atomic mass is 16.5. The number of nitrogens with two attached hydrogens (primary N) is 1. The van der Waals surface area contributed by atoms with Gasteiger partial charge in [-0.1, -0.05) is 42.5 Å². The van der Waals surface area contributed by atoms with E-state index in [9.17, 15) is 19.2 Å². The summed E-state index contributed by atoms with van der Waals surface area (Å²) in [5, 5.41) is 3.53. The van der Waals surface area contributed by atoms with Gasteiger partial charge in [0, 0.05) is 30.5 Å². The fourth-order valence-electron chi connectivity index (χ4n) is 6.18. The van der Waals surface area contributed by atoms with E-state index in [1.54, 1.807) is 7.11 Å². The van der Waals surface area contributed by atoms with Gasteiger partial charge in [-0.3, -0.25) is 4.79 Å². The Morgan fingerprint density at radius 3 is 2.69 bits per heavy atom. The van der Waals surface area contributed by atoms with Gasteiger partial charge < -0.3 is 30.2 Å². The Labute approximate surface area is 260 Å². The average Bonchev–Trinajstić information content (AvgIpc) is 3.55. The van der Waals surface area contributed by atoms with Gasteiger partial charge >= 0.3 is 12.1 Å². The molecule has 2 aliphatic heterocycles. The van der Waals surface area contributed by atoms with Crippen molar-refractivity contribution >= 4 is 35.2 Å². The van der Waals surface area contributed by atoms with Crippen LogP contribution in [-0.2, 0) is 9.59 Å². The van der Waals surface area contributed by atoms with Crippen LogP contribution in [0.15, 0.2) is 54.6 Å². The number of methoxy groups -OCH3 is 1. The molecule has 4 unspecified atom stereocenters. The van der Waals surface area contributed by atoms with Crippen molar-refractivity contribution in [1.82, 2.24) is 25.1 Å². The number of allylic oxidation sites excluding steroid dienone is 1. The maximum absolute atomic E-state index is 13.8. The van der Waals surface area contributed by atoms with Crippen LogP contribution < -0.4 is 20.5 Å². The molecule has 0 bridgehead atoms. The van der Waals surface area contributed by atoms with Gasteiger partial charge in [0.05, 0.1) is 24.6 Å². The Balaban J connectivity index is 1.36. The molecule has 1 saturated carbocycles. The number of nitrogens with zero attached hydrogens (tertiary/aromatic N) is 4. The van der Waals surface area contributed by atoms with Crippen molar-refractivity contribution in [1.29, 1.82) is 0 Å². The smallest absolute Gasteiger partial charge is 0.328 e. The van der Waals surface area contributed by atoms with Crippen molar-refractivity contribution in [3.8, 4) is 23.0 Å². The van der Waals surface area contributed by atoms with E-state index in [1.165, 1.54) is 4.90 Å². The number of aldehydes is 1. The first-order valence-electron chi connectivity index (χ1n) is 15.1. The van der Waals surface area contributed by atoms with Crippen LogP contribution in [0.1, 0.15) is 37.7 Å². The van der Waals surface area contributed by atoms with Crippen LogP contribution in [0.25, 0.3) is 22.3 Å². The van der Waals surface area contributed by atoms with Crippen molar-refractivity contribution in [2.75, 3.05) is 20.2 Å². The van der Waals surface area contributed by atoms with E-state index in [0.717, 1.165) is 28.7 Å². The van der Waals surface area contributed by atoms with Crippen LogP contribution in [0.5, 0.6) is 11.6 Å². The fourth-order valence-corrected chi connectivity index (χ4v) is 6.18. The normalized spacial score (nSPS) is 25.9. The molecule has 4 atom stereocenters. The van der Waals surface area contributed by atoms with Crippen molar-refractivity contribution in [2.24, 2.45) is 11.7 Å². The number of benzene rings is 2. The zero-order chi connectivity index (χ0) is 31.7. The molecule has 1 aliphatic carbocycles. The number of urea groups is 2. The summed E-state index contributed by atoms with van der Waals surface area (Å²) in [5.41, 5.74) is 6.86. The predicted octanol–water partition coefficient (Wildman–Crippen LogP) is 3.75. The molecule has 1 saturated heterocycles. The number of nitrogens with one attached hydrogen (secondary N) is 1. The zero-order valence-electron chi connectivity index (χ0n) is 25.3. The lowest BCUT2D eigenvalue weighted by molar-refractivity contribution is -0.128. The molecule has 0 spiro atoms. The number of aromatic nitrogens is 2. The summed E-state index contributed by atoms with van der Waals surface area (Å²) in [4.78, 5) is 63.8. The Kier molecular flexibility index (Phi) is 8.13. The Bertz CT molecular complexity index is 1680. The Morgan fingerprint density at radius 2 is 1.96 bits per heavy atom. The summed E-state index contributed by atoms with van der Waals surface area (Å²) in [5.74, 6) is 0.795. The van der Waals surface area contributed by atoms with Crippen LogP contribution in [0, 0.1) is 12.8 Å². The van der Waals surface area contributed by atoms with Crippen molar-refractivity contribution in [3.05, 3.63) is 60.2 Å². The number of ether oxygens (including phenoxy) is 2. The topological polar surface area (TPSA) is 157 Å². The second-order valence-electron chi connectivity index (χ2n) is 11.9. The van der Waals surface area contributed by atoms with Gasteiger partial charge in [-0.05, 0) is 44.2 Å². The van der Waals surface area contributed by atoms with Gasteiger partial charge in [0.15, 0.2) is 5.82 Å². The number of amides is 5. The largest absolute Gasteiger partial charge is 0.496 e. The third-order valence-corrected chi connectivity index (χ3v) is 8.79. The highest BCUT2D eigenvalue weighted by Crippen LogP contribution is 2.43. The number of rotatable bonds is 5. The summed E-state index contributed by atoms with van der Waals surface area (Å²) in [6, 6.07) is 10.6. The molecule has 1 aromatic heterocycles. The van der Waals surface area contributed by atoms with Gasteiger partial charge in [0.25, 0.3) is 0 Å². The van der Waals surface area contributed by atoms with Crippen LogP contribution in [0.2, 0.25) is 0 Å². The first kappa shape index (κ1) is 30.0. The van der Waals surface area contributed by atoms with E-state index in [0.29, 0.717) is 41.7 Å². The Morgan fingerprint density at radius 1 is 1.16 bits per heavy atom. The molecule has 12 heteroatoms. The summed E-state index contributed by atoms with van der Waals surface area (Å²) in [6.45, 7) is 2.03. The lowest BCUT2D eigenvalue weighted by atomic mass is 10.1. The number of aryl methyl sites for hydroxylation is 1. The van der Waals surface area contributed by atoms with Crippen LogP contribution >= 0.6 is 0 Å². The third kappa shape index (κ3) is 5.92. The van der Waals surface area contributed by atoms with E-state index in [4.69, 9.17) is 25.2 Å². The molecule has 5 amide bonds. The van der Waals surface area contributed by atoms with Crippen LogP contribution in [-0.4, -0.2) is 81.9 Å². The van der Waals surface area contributed by atoms with Gasteiger partial charge in [-0.2, -0.15) is 4.98 Å². The SMILES string of the molecule is COc1cc2nc(-c3ccccc3)nc(OC3CC4C(=O)NC5(C=O)CC5/C=C/CCCCN(C(N)=O)C(=O)N4C3)c2cc1C. The number of primary amides is 1. The molecule has 3 aliphatic rings. The molecule has 234 valence electrons. The minimum absolute atomic E-state index is 0.000571. The molecule has 6 rings (SSSR count). The fraction of sp³-hybridized carbons (Fsp3) is 0.394. The number of carbonyl (C=O) groups is 4. The first-order chi connectivity index (χ1) is 21.7. The standard InChI is InChI=1S/C33H36N6O6/c1-20-14-24-25(16-27(20)44-2)35-28(21-10-6-5-7-11-21)36-30(24)45-23-15-26-29(41)37-33(19-40)17-22(33)12-8-3-4-9-13-38(31(34)42)32(43)39(26)18-23/h5-8,10-12,14,16,19,22-23,26H,3-4,9,13,15,17-18H2,1-2H3,(H2,34,42)(H,37,41)/b12-8+. The summed E-state index contributed by atoms with van der Waals surface area (Å²) >= 11 is 0. The molecule has 3 N–H and O–H groups in total. The highest BCUT2D eigenvalue weighted by Gasteiger charge is 2.56. The van der Waals surface area contributed by atoms with E-state index in [-0.39, 0.29) is 31.3 Å². The predicted molar refractivity (Wildman–Crippen MR) is 166 cm³/mol. The number of imide groups is 1. The molecule has 12 nitrogen and oxygen atoms in total. The first-order valence-corrected chi connectivity index (χ1v) is 15.1. The van der Waals surface area contributed by atoms with Gasteiger partial charge in [-0.15, -0.1) is 0 Å². The van der Waals surface area contributed by atoms with E-state index < -0.39 is 35.7 Å². The molecule has 2 fully saturated rings. The molecular weight excluding hydrogens is 576 g/mol. The number of carbonyl (C=O) groups excluding carboxylic acids is 4. The quantitative estimate of drug-likeness (QED) is 0.326. The minimum Gasteiger partial charge on any atom is -0.496 e. The minimum atomic E-state index is -1.02. The van der Waals surface area contributed by atoms with Crippen molar-refractivity contribution in [2.45, 2.75) is 56.7 Å². The monoisotopic (exact) mass is 612 g/mol. The van der Waals surface area contributed by atoms with E-state index in [1.807, 2.05) is 61.5 Å². The van der Waals surface area contributed by atoms with E-state index >= 15 is 0 Å². The lowest BCUT2D eigenvalue weighted by Crippen LogP contribution is -2.55. The molecule has 3 aromatic rings. The zero-order valence-corrected chi connectivity index (χ0v) is 25.3. The number of hydrogen-bond donors (Lipinski definition) is 2.